The summed E-state index contributed by atoms with van der Waals surface area (Å²) in [6.07, 6.45) is 3.59. The fraction of sp³-hybridized carbons (Fsp3) is 0.533. The minimum absolute atomic E-state index is 0.0843. The van der Waals surface area contributed by atoms with Gasteiger partial charge in [0.15, 0.2) is 0 Å². The summed E-state index contributed by atoms with van der Waals surface area (Å²) in [6, 6.07) is 3.85. The van der Waals surface area contributed by atoms with Crippen molar-refractivity contribution >= 4 is 11.6 Å². The van der Waals surface area contributed by atoms with Crippen molar-refractivity contribution in [1.29, 1.82) is 0 Å². The van der Waals surface area contributed by atoms with Crippen LogP contribution in [0.3, 0.4) is 0 Å². The van der Waals surface area contributed by atoms with E-state index >= 15 is 0 Å². The predicted octanol–water partition coefficient (Wildman–Crippen LogP) is 2.52. The molecule has 1 aliphatic rings. The van der Waals surface area contributed by atoms with E-state index in [0.717, 1.165) is 48.2 Å². The van der Waals surface area contributed by atoms with Crippen LogP contribution in [0.5, 0.6) is 5.75 Å². The van der Waals surface area contributed by atoms with Crippen LogP contribution in [0.15, 0.2) is 12.1 Å². The van der Waals surface area contributed by atoms with Crippen molar-refractivity contribution < 1.29 is 9.53 Å². The number of nitrogens with one attached hydrogen (secondary N) is 1. The van der Waals surface area contributed by atoms with E-state index in [1.165, 1.54) is 0 Å². The maximum absolute atomic E-state index is 12.3. The molecular formula is C15H22N2O2. The van der Waals surface area contributed by atoms with Crippen LogP contribution in [0.25, 0.3) is 0 Å². The lowest BCUT2D eigenvalue weighted by Gasteiger charge is -2.23. The maximum Gasteiger partial charge on any atom is 0.244 e. The van der Waals surface area contributed by atoms with Crippen molar-refractivity contribution in [1.82, 2.24) is 0 Å². The van der Waals surface area contributed by atoms with Gasteiger partial charge >= 0.3 is 0 Å². The van der Waals surface area contributed by atoms with Crippen LogP contribution in [0.2, 0.25) is 0 Å². The third-order valence-electron chi connectivity index (χ3n) is 4.00. The van der Waals surface area contributed by atoms with E-state index in [-0.39, 0.29) is 5.91 Å². The molecule has 4 heteroatoms. The lowest BCUT2D eigenvalue weighted by Crippen LogP contribution is -2.48. The molecule has 104 valence electrons. The molecule has 0 saturated heterocycles. The molecule has 0 radical (unpaired) electrons. The highest BCUT2D eigenvalue weighted by atomic mass is 16.5. The standard InChI is InChI=1S/C15H22N2O2/c1-10-6-7-12(11(2)13(10)19-3)17-14(18)15(16)8-4-5-9-15/h6-7H,4-5,8-9,16H2,1-3H3,(H,17,18). The van der Waals surface area contributed by atoms with Gasteiger partial charge < -0.3 is 15.8 Å². The van der Waals surface area contributed by atoms with E-state index in [4.69, 9.17) is 10.5 Å². The molecule has 2 rings (SSSR count). The molecule has 0 heterocycles. The summed E-state index contributed by atoms with van der Waals surface area (Å²) >= 11 is 0. The highest BCUT2D eigenvalue weighted by Gasteiger charge is 2.37. The van der Waals surface area contributed by atoms with Gasteiger partial charge in [0.1, 0.15) is 5.75 Å². The lowest BCUT2D eigenvalue weighted by molar-refractivity contribution is -0.121. The second-order valence-electron chi connectivity index (χ2n) is 5.41. The van der Waals surface area contributed by atoms with Crippen LogP contribution in [0, 0.1) is 13.8 Å². The molecule has 1 saturated carbocycles. The van der Waals surface area contributed by atoms with Crippen molar-refractivity contribution in [3.05, 3.63) is 23.3 Å². The summed E-state index contributed by atoms with van der Waals surface area (Å²) in [6.45, 7) is 3.93. The Balaban J connectivity index is 2.22. The monoisotopic (exact) mass is 262 g/mol. The van der Waals surface area contributed by atoms with Gasteiger partial charge in [0.2, 0.25) is 5.91 Å². The van der Waals surface area contributed by atoms with Gasteiger partial charge in [-0.25, -0.2) is 0 Å². The molecule has 0 aliphatic heterocycles. The zero-order valence-corrected chi connectivity index (χ0v) is 11.9. The van der Waals surface area contributed by atoms with Crippen LogP contribution >= 0.6 is 0 Å². The minimum Gasteiger partial charge on any atom is -0.496 e. The van der Waals surface area contributed by atoms with Gasteiger partial charge in [-0.1, -0.05) is 18.9 Å². The highest BCUT2D eigenvalue weighted by Crippen LogP contribution is 2.32. The van der Waals surface area contributed by atoms with Crippen molar-refractivity contribution in [2.45, 2.75) is 45.1 Å². The van der Waals surface area contributed by atoms with Gasteiger partial charge in [0.25, 0.3) is 0 Å². The number of ether oxygens (including phenoxy) is 1. The first-order valence-corrected chi connectivity index (χ1v) is 6.72. The molecule has 0 unspecified atom stereocenters. The van der Waals surface area contributed by atoms with Gasteiger partial charge in [-0.3, -0.25) is 4.79 Å². The Bertz CT molecular complexity index is 491. The number of nitrogens with two attached hydrogens (primary N) is 1. The normalized spacial score (nSPS) is 17.3. The average Bonchev–Trinajstić information content (AvgIpc) is 2.82. The number of anilines is 1. The molecule has 4 nitrogen and oxygen atoms in total. The van der Waals surface area contributed by atoms with Gasteiger partial charge in [0.05, 0.1) is 12.6 Å². The molecule has 3 N–H and O–H groups in total. The Morgan fingerprint density at radius 3 is 2.53 bits per heavy atom. The Kier molecular flexibility index (Phi) is 3.80. The van der Waals surface area contributed by atoms with Crippen molar-refractivity contribution in [2.75, 3.05) is 12.4 Å². The van der Waals surface area contributed by atoms with E-state index in [1.807, 2.05) is 26.0 Å². The number of benzene rings is 1. The van der Waals surface area contributed by atoms with E-state index in [9.17, 15) is 4.79 Å². The third-order valence-corrected chi connectivity index (χ3v) is 4.00. The largest absolute Gasteiger partial charge is 0.496 e. The Morgan fingerprint density at radius 2 is 1.95 bits per heavy atom. The summed E-state index contributed by atoms with van der Waals surface area (Å²) in [4.78, 5) is 12.3. The van der Waals surface area contributed by atoms with Crippen LogP contribution in [-0.4, -0.2) is 18.6 Å². The summed E-state index contributed by atoms with van der Waals surface area (Å²) in [5, 5.41) is 2.95. The lowest BCUT2D eigenvalue weighted by atomic mass is 9.97. The van der Waals surface area contributed by atoms with Gasteiger partial charge in [-0.05, 0) is 38.3 Å². The zero-order valence-electron chi connectivity index (χ0n) is 11.9. The number of hydrogen-bond acceptors (Lipinski definition) is 3. The predicted molar refractivity (Wildman–Crippen MR) is 76.5 cm³/mol. The second kappa shape index (κ2) is 5.21. The average molecular weight is 262 g/mol. The molecule has 1 amide bonds. The number of aryl methyl sites for hydroxylation is 1. The molecule has 1 aromatic carbocycles. The van der Waals surface area contributed by atoms with Crippen molar-refractivity contribution in [3.63, 3.8) is 0 Å². The Hall–Kier alpha value is -1.55. The van der Waals surface area contributed by atoms with E-state index in [1.54, 1.807) is 7.11 Å². The van der Waals surface area contributed by atoms with Gasteiger partial charge in [-0.2, -0.15) is 0 Å². The first kappa shape index (κ1) is 13.9. The maximum atomic E-state index is 12.3. The first-order valence-electron chi connectivity index (χ1n) is 6.72. The molecule has 19 heavy (non-hydrogen) atoms. The number of carbonyl (C=O) groups excluding carboxylic acids is 1. The summed E-state index contributed by atoms with van der Waals surface area (Å²) < 4.78 is 5.37. The number of amides is 1. The van der Waals surface area contributed by atoms with Gasteiger partial charge in [0, 0.05) is 11.3 Å². The summed E-state index contributed by atoms with van der Waals surface area (Å²) in [5.74, 6) is 0.731. The minimum atomic E-state index is -0.704. The summed E-state index contributed by atoms with van der Waals surface area (Å²) in [5.41, 5.74) is 8.23. The molecule has 0 atom stereocenters. The van der Waals surface area contributed by atoms with Gasteiger partial charge in [-0.15, -0.1) is 0 Å². The molecule has 0 bridgehead atoms. The Labute approximate surface area is 114 Å². The second-order valence-corrected chi connectivity index (χ2v) is 5.41. The summed E-state index contributed by atoms with van der Waals surface area (Å²) in [7, 11) is 1.64. The highest BCUT2D eigenvalue weighted by molar-refractivity contribution is 5.99. The number of methoxy groups -OCH3 is 1. The third kappa shape index (κ3) is 2.59. The van der Waals surface area contributed by atoms with E-state index in [2.05, 4.69) is 5.32 Å². The molecular weight excluding hydrogens is 240 g/mol. The zero-order chi connectivity index (χ0) is 14.0. The molecule has 1 aromatic rings. The van der Waals surface area contributed by atoms with E-state index in [0.29, 0.717) is 0 Å². The number of hydrogen-bond donors (Lipinski definition) is 2. The number of rotatable bonds is 3. The van der Waals surface area contributed by atoms with Crippen LogP contribution in [-0.2, 0) is 4.79 Å². The fourth-order valence-corrected chi connectivity index (χ4v) is 2.76. The first-order chi connectivity index (χ1) is 8.98. The smallest absolute Gasteiger partial charge is 0.244 e. The number of carbonyl (C=O) groups is 1. The van der Waals surface area contributed by atoms with Crippen LogP contribution in [0.1, 0.15) is 36.8 Å². The van der Waals surface area contributed by atoms with E-state index < -0.39 is 5.54 Å². The van der Waals surface area contributed by atoms with Crippen molar-refractivity contribution in [3.8, 4) is 5.75 Å². The van der Waals surface area contributed by atoms with Crippen molar-refractivity contribution in [2.24, 2.45) is 5.73 Å². The molecule has 0 spiro atoms. The topological polar surface area (TPSA) is 64.3 Å². The quantitative estimate of drug-likeness (QED) is 0.879. The Morgan fingerprint density at radius 1 is 1.32 bits per heavy atom. The van der Waals surface area contributed by atoms with Crippen LogP contribution in [0.4, 0.5) is 5.69 Å². The SMILES string of the molecule is COc1c(C)ccc(NC(=O)C2(N)CCCC2)c1C. The molecule has 1 fully saturated rings. The molecule has 0 aromatic heterocycles. The fourth-order valence-electron chi connectivity index (χ4n) is 2.76. The molecule has 1 aliphatic carbocycles. The van der Waals surface area contributed by atoms with Crippen LogP contribution < -0.4 is 15.8 Å².